The van der Waals surface area contributed by atoms with Crippen LogP contribution in [0.5, 0.6) is 0 Å². The zero-order valence-corrected chi connectivity index (χ0v) is 11.3. The summed E-state index contributed by atoms with van der Waals surface area (Å²) in [5.74, 6) is 1.54. The van der Waals surface area contributed by atoms with Gasteiger partial charge in [-0.3, -0.25) is 4.68 Å². The van der Waals surface area contributed by atoms with Crippen LogP contribution in [0.3, 0.4) is 0 Å². The summed E-state index contributed by atoms with van der Waals surface area (Å²) in [6, 6.07) is 7.81. The van der Waals surface area contributed by atoms with Gasteiger partial charge in [0.2, 0.25) is 0 Å². The Morgan fingerprint density at radius 1 is 1.47 bits per heavy atom. The van der Waals surface area contributed by atoms with E-state index >= 15 is 0 Å². The topological polar surface area (TPSA) is 43.8 Å². The fourth-order valence-corrected chi connectivity index (χ4v) is 2.92. The predicted molar refractivity (Wildman–Crippen MR) is 73.4 cm³/mol. The van der Waals surface area contributed by atoms with Crippen LogP contribution in [0.4, 0.5) is 5.82 Å². The van der Waals surface area contributed by atoms with Gasteiger partial charge in [-0.05, 0) is 25.1 Å². The standard InChI is InChI=1S/C12H14ClN3S/c1-8-11(12(14)16(2)15-8)7-17-10-5-3-4-9(13)6-10/h3-6H,7,14H2,1-2H3. The molecule has 1 heterocycles. The quantitative estimate of drug-likeness (QED) is 0.868. The number of nitrogens with zero attached hydrogens (tertiary/aromatic N) is 2. The van der Waals surface area contributed by atoms with Gasteiger partial charge in [-0.15, -0.1) is 11.8 Å². The number of nitrogens with two attached hydrogens (primary N) is 1. The van der Waals surface area contributed by atoms with Crippen LogP contribution < -0.4 is 5.73 Å². The van der Waals surface area contributed by atoms with Crippen molar-refractivity contribution in [3.05, 3.63) is 40.5 Å². The maximum absolute atomic E-state index is 5.96. The second-order valence-corrected chi connectivity index (χ2v) is 5.30. The van der Waals surface area contributed by atoms with E-state index in [9.17, 15) is 0 Å². The molecule has 0 saturated heterocycles. The average molecular weight is 268 g/mol. The molecule has 5 heteroatoms. The lowest BCUT2D eigenvalue weighted by atomic mass is 10.3. The van der Waals surface area contributed by atoms with Crippen molar-refractivity contribution in [1.29, 1.82) is 0 Å². The van der Waals surface area contributed by atoms with Crippen molar-refractivity contribution in [2.75, 3.05) is 5.73 Å². The molecule has 0 spiro atoms. The average Bonchev–Trinajstić information content (AvgIpc) is 2.51. The maximum Gasteiger partial charge on any atom is 0.125 e. The third-order valence-corrected chi connectivity index (χ3v) is 3.83. The van der Waals surface area contributed by atoms with E-state index in [-0.39, 0.29) is 0 Å². The van der Waals surface area contributed by atoms with E-state index in [2.05, 4.69) is 5.10 Å². The molecule has 0 saturated carbocycles. The van der Waals surface area contributed by atoms with E-state index in [0.29, 0.717) is 0 Å². The van der Waals surface area contributed by atoms with Crippen molar-refractivity contribution in [1.82, 2.24) is 9.78 Å². The first kappa shape index (κ1) is 12.3. The number of aromatic nitrogens is 2. The Kier molecular flexibility index (Phi) is 3.64. The molecular formula is C12H14ClN3S. The highest BCUT2D eigenvalue weighted by Gasteiger charge is 2.10. The molecule has 0 amide bonds. The molecule has 2 N–H and O–H groups in total. The van der Waals surface area contributed by atoms with Crippen molar-refractivity contribution in [2.24, 2.45) is 7.05 Å². The second kappa shape index (κ2) is 5.02. The Morgan fingerprint density at radius 3 is 2.82 bits per heavy atom. The summed E-state index contributed by atoms with van der Waals surface area (Å²) >= 11 is 7.65. The van der Waals surface area contributed by atoms with Gasteiger partial charge in [-0.1, -0.05) is 17.7 Å². The summed E-state index contributed by atoms with van der Waals surface area (Å²) in [7, 11) is 1.86. The normalized spacial score (nSPS) is 10.8. The first-order valence-corrected chi connectivity index (χ1v) is 6.60. The molecule has 0 atom stereocenters. The van der Waals surface area contributed by atoms with Crippen molar-refractivity contribution in [3.63, 3.8) is 0 Å². The first-order valence-electron chi connectivity index (χ1n) is 5.24. The van der Waals surface area contributed by atoms with Crippen LogP contribution in [0.2, 0.25) is 5.02 Å². The van der Waals surface area contributed by atoms with E-state index in [1.165, 1.54) is 0 Å². The number of aryl methyl sites for hydroxylation is 2. The minimum absolute atomic E-state index is 0.733. The zero-order chi connectivity index (χ0) is 12.4. The molecule has 90 valence electrons. The van der Waals surface area contributed by atoms with Crippen molar-refractivity contribution in [3.8, 4) is 0 Å². The van der Waals surface area contributed by atoms with Crippen molar-refractivity contribution in [2.45, 2.75) is 17.6 Å². The summed E-state index contributed by atoms with van der Waals surface area (Å²) in [6.45, 7) is 1.98. The van der Waals surface area contributed by atoms with Gasteiger partial charge in [0, 0.05) is 28.3 Å². The van der Waals surface area contributed by atoms with Crippen LogP contribution in [0.15, 0.2) is 29.2 Å². The number of thioether (sulfide) groups is 1. The van der Waals surface area contributed by atoms with Crippen LogP contribution in [0.25, 0.3) is 0 Å². The molecule has 0 radical (unpaired) electrons. The first-order chi connectivity index (χ1) is 8.08. The number of hydrogen-bond acceptors (Lipinski definition) is 3. The van der Waals surface area contributed by atoms with Gasteiger partial charge < -0.3 is 5.73 Å². The number of nitrogen functional groups attached to an aromatic ring is 1. The largest absolute Gasteiger partial charge is 0.384 e. The monoisotopic (exact) mass is 267 g/mol. The summed E-state index contributed by atoms with van der Waals surface area (Å²) in [6.07, 6.45) is 0. The SMILES string of the molecule is Cc1nn(C)c(N)c1CSc1cccc(Cl)c1. The highest BCUT2D eigenvalue weighted by atomic mass is 35.5. The lowest BCUT2D eigenvalue weighted by Crippen LogP contribution is -1.98. The smallest absolute Gasteiger partial charge is 0.125 e. The number of benzene rings is 1. The summed E-state index contributed by atoms with van der Waals surface area (Å²) in [5, 5.41) is 5.05. The lowest BCUT2D eigenvalue weighted by molar-refractivity contribution is 0.767. The second-order valence-electron chi connectivity index (χ2n) is 3.82. The molecule has 1 aromatic heterocycles. The van der Waals surface area contributed by atoms with Crippen molar-refractivity contribution >= 4 is 29.2 Å². The van der Waals surface area contributed by atoms with Gasteiger partial charge in [-0.2, -0.15) is 5.10 Å². The van der Waals surface area contributed by atoms with Crippen LogP contribution in [-0.4, -0.2) is 9.78 Å². The maximum atomic E-state index is 5.96. The van der Waals surface area contributed by atoms with Gasteiger partial charge >= 0.3 is 0 Å². The van der Waals surface area contributed by atoms with Crippen LogP contribution >= 0.6 is 23.4 Å². The molecular weight excluding hydrogens is 254 g/mol. The predicted octanol–water partition coefficient (Wildman–Crippen LogP) is 3.26. The zero-order valence-electron chi connectivity index (χ0n) is 9.77. The van der Waals surface area contributed by atoms with Crippen LogP contribution in [0.1, 0.15) is 11.3 Å². The molecule has 2 aromatic rings. The van der Waals surface area contributed by atoms with Gasteiger partial charge in [0.1, 0.15) is 5.82 Å². The number of rotatable bonds is 3. The molecule has 0 unspecified atom stereocenters. The number of halogens is 1. The molecule has 2 rings (SSSR count). The fraction of sp³-hybridized carbons (Fsp3) is 0.250. The summed E-state index contributed by atoms with van der Waals surface area (Å²) in [4.78, 5) is 1.14. The van der Waals surface area contributed by atoms with E-state index in [4.69, 9.17) is 17.3 Å². The molecule has 1 aromatic carbocycles. The highest BCUT2D eigenvalue weighted by Crippen LogP contribution is 2.28. The number of anilines is 1. The van der Waals surface area contributed by atoms with Crippen LogP contribution in [-0.2, 0) is 12.8 Å². The number of hydrogen-bond donors (Lipinski definition) is 1. The molecule has 0 bridgehead atoms. The Bertz CT molecular complexity index is 537. The van der Waals surface area contributed by atoms with Crippen molar-refractivity contribution < 1.29 is 0 Å². The Hall–Kier alpha value is -1.13. The van der Waals surface area contributed by atoms with E-state index in [0.717, 1.165) is 32.7 Å². The summed E-state index contributed by atoms with van der Waals surface area (Å²) in [5.41, 5.74) is 8.04. The minimum atomic E-state index is 0.733. The molecule has 0 aliphatic carbocycles. The fourth-order valence-electron chi connectivity index (χ4n) is 1.61. The van der Waals surface area contributed by atoms with Crippen LogP contribution in [0, 0.1) is 6.92 Å². The minimum Gasteiger partial charge on any atom is -0.384 e. The van der Waals surface area contributed by atoms with Gasteiger partial charge in [0.25, 0.3) is 0 Å². The van der Waals surface area contributed by atoms with Gasteiger partial charge in [0.05, 0.1) is 5.69 Å². The summed E-state index contributed by atoms with van der Waals surface area (Å²) < 4.78 is 1.71. The third-order valence-electron chi connectivity index (χ3n) is 2.57. The molecule has 17 heavy (non-hydrogen) atoms. The molecule has 0 aliphatic rings. The molecule has 0 fully saturated rings. The Balaban J connectivity index is 2.12. The molecule has 3 nitrogen and oxygen atoms in total. The van der Waals surface area contributed by atoms with E-state index in [1.807, 2.05) is 38.2 Å². The molecule has 0 aliphatic heterocycles. The Labute approximate surface area is 110 Å². The Morgan fingerprint density at radius 2 is 2.24 bits per heavy atom. The third kappa shape index (κ3) is 2.76. The lowest BCUT2D eigenvalue weighted by Gasteiger charge is -2.03. The van der Waals surface area contributed by atoms with Gasteiger partial charge in [-0.25, -0.2) is 0 Å². The van der Waals surface area contributed by atoms with E-state index < -0.39 is 0 Å². The van der Waals surface area contributed by atoms with E-state index in [1.54, 1.807) is 16.4 Å². The van der Waals surface area contributed by atoms with Gasteiger partial charge in [0.15, 0.2) is 0 Å². The highest BCUT2D eigenvalue weighted by molar-refractivity contribution is 7.98.